The van der Waals surface area contributed by atoms with E-state index in [1.165, 1.54) is 245 Å². The molecule has 6 aromatic carbocycles. The molecule has 0 fully saturated rings. The molecule has 7 aliphatic rings. The van der Waals surface area contributed by atoms with Crippen molar-refractivity contribution in [2.24, 2.45) is 0 Å². The molecule has 0 saturated heterocycles. The summed E-state index contributed by atoms with van der Waals surface area (Å²) in [6, 6.07) is 19.9. The van der Waals surface area contributed by atoms with Gasteiger partial charge < -0.3 is 0 Å². The van der Waals surface area contributed by atoms with E-state index < -0.39 is 0 Å². The van der Waals surface area contributed by atoms with E-state index in [0.717, 1.165) is 79.2 Å². The van der Waals surface area contributed by atoms with Crippen LogP contribution in [0, 0.1) is 152 Å². The van der Waals surface area contributed by atoms with Gasteiger partial charge >= 0.3 is 0 Å². The number of nitrogens with zero attached hydrogens (tertiary/aromatic N) is 14. The van der Waals surface area contributed by atoms with Gasteiger partial charge in [-0.15, -0.1) is 0 Å². The van der Waals surface area contributed by atoms with Gasteiger partial charge in [-0.2, -0.15) is 0 Å². The molecule has 0 N–H and O–H groups in total. The Morgan fingerprint density at radius 3 is 1.18 bits per heavy atom. The zero-order valence-corrected chi connectivity index (χ0v) is 69.8. The molecule has 0 unspecified atom stereocenters. The van der Waals surface area contributed by atoms with Crippen LogP contribution < -0.4 is 0 Å². The van der Waals surface area contributed by atoms with Gasteiger partial charge in [-0.3, -0.25) is 9.97 Å². The van der Waals surface area contributed by atoms with Crippen molar-refractivity contribution in [1.29, 1.82) is 0 Å². The fourth-order valence-corrected chi connectivity index (χ4v) is 17.6. The summed E-state index contributed by atoms with van der Waals surface area (Å²) in [5, 5.41) is 0. The van der Waals surface area contributed by atoms with Crippen molar-refractivity contribution in [3.8, 4) is 77.9 Å². The van der Waals surface area contributed by atoms with E-state index in [-0.39, 0.29) is 0 Å². The fraction of sp³-hybridized carbons (Fsp3) is 0.293. The van der Waals surface area contributed by atoms with E-state index in [0.29, 0.717) is 0 Å². The molecule has 14 heteroatoms. The number of hydrogen-bond donors (Lipinski definition) is 0. The second-order valence-corrected chi connectivity index (χ2v) is 32.0. The Labute approximate surface area is 666 Å². The third kappa shape index (κ3) is 13.9. The van der Waals surface area contributed by atoms with Gasteiger partial charge in [0.2, 0.25) is 0 Å². The Hall–Kier alpha value is -11.9. The first-order valence-corrected chi connectivity index (χ1v) is 39.5. The predicted molar refractivity (Wildman–Crippen MR) is 456 cm³/mol. The lowest BCUT2D eigenvalue weighted by atomic mass is 9.89. The van der Waals surface area contributed by atoms with E-state index in [4.69, 9.17) is 4.98 Å². The minimum atomic E-state index is 0.862. The molecule has 8 aromatic heterocycles. The molecule has 0 saturated carbocycles. The number of aromatic nitrogens is 14. The summed E-state index contributed by atoms with van der Waals surface area (Å²) >= 11 is 0. The molecule has 21 rings (SSSR count). The second-order valence-electron chi connectivity index (χ2n) is 32.0. The first kappa shape index (κ1) is 76.5. The Balaban J connectivity index is 0.000000104. The largest absolute Gasteiger partial charge is 0.261 e. The summed E-state index contributed by atoms with van der Waals surface area (Å²) in [5.74, 6) is 0.862. The first-order valence-electron chi connectivity index (χ1n) is 39.5. The van der Waals surface area contributed by atoms with E-state index >= 15 is 0 Å². The lowest BCUT2D eigenvalue weighted by Gasteiger charge is -2.15. The van der Waals surface area contributed by atoms with Crippen LogP contribution in [0.3, 0.4) is 0 Å². The maximum absolute atomic E-state index is 4.71. The molecule has 14 aromatic rings. The summed E-state index contributed by atoms with van der Waals surface area (Å²) in [5.41, 5.74) is 64.2. The summed E-state index contributed by atoms with van der Waals surface area (Å²) in [4.78, 5) is 60.7. The van der Waals surface area contributed by atoms with E-state index in [1.807, 2.05) is 44.1 Å². The molecule has 0 aliphatic heterocycles. The van der Waals surface area contributed by atoms with Gasteiger partial charge in [0.15, 0.2) is 0 Å². The average Bonchev–Trinajstić information content (AvgIpc) is 1.65. The minimum absolute atomic E-state index is 0.862. The SMILES string of the molecule is Cc1c(C)c(C)c2c(c1C)Cc1ncncc1-2.Cc1cc(C)c2c(c1C)Cc1ncncc1-2.Cc1cc2c(c(C)c1C)Cc1ncncc1-2.Cc1cc2c(nc1C)Cc1c-2cnc(C)c1C.Cc1ccc2c(c1C)Cc1ncnc(C)c1-2.Cc1ccc2c(c1C)Cc1ncncc1-2.Cc1ncc2c(n1)Cc1c-2ccc(C)c1C. The molecule has 566 valence electrons. The quantitative estimate of drug-likeness (QED) is 0.140. The van der Waals surface area contributed by atoms with Gasteiger partial charge in [0.05, 0.1) is 39.9 Å². The summed E-state index contributed by atoms with van der Waals surface area (Å²) in [6.07, 6.45) is 26.6. The molecule has 14 nitrogen and oxygen atoms in total. The highest BCUT2D eigenvalue weighted by Crippen LogP contribution is 2.46. The number of fused-ring (bicyclic) bond motifs is 21. The number of rotatable bonds is 0. The highest BCUT2D eigenvalue weighted by molar-refractivity contribution is 5.84. The zero-order chi connectivity index (χ0) is 79.9. The van der Waals surface area contributed by atoms with Crippen LogP contribution >= 0.6 is 0 Å². The summed E-state index contributed by atoms with van der Waals surface area (Å²) < 4.78 is 0. The monoisotopic (exact) mass is 1480 g/mol. The van der Waals surface area contributed by atoms with Gasteiger partial charge in [-0.1, -0.05) is 48.5 Å². The topological polar surface area (TPSA) is 180 Å². The fourth-order valence-electron chi connectivity index (χ4n) is 17.6. The molecule has 0 radical (unpaired) electrons. The van der Waals surface area contributed by atoms with E-state index in [2.05, 4.69) is 265 Å². The van der Waals surface area contributed by atoms with E-state index in [1.54, 1.807) is 31.6 Å². The Morgan fingerprint density at radius 1 is 0.195 bits per heavy atom. The van der Waals surface area contributed by atoms with Crippen LogP contribution in [-0.4, -0.2) is 69.8 Å². The third-order valence-corrected chi connectivity index (χ3v) is 25.8. The second kappa shape index (κ2) is 30.6. The number of hydrogen-bond acceptors (Lipinski definition) is 14. The van der Waals surface area contributed by atoms with Crippen LogP contribution in [0.1, 0.15) is 202 Å². The summed E-state index contributed by atoms with van der Waals surface area (Å²) in [6.45, 7) is 47.5. The number of benzene rings is 6. The van der Waals surface area contributed by atoms with Crippen molar-refractivity contribution in [2.45, 2.75) is 197 Å². The molecule has 0 bridgehead atoms. The predicted octanol–water partition coefficient (Wildman–Crippen LogP) is 21.1. The Bertz CT molecular complexity index is 6260. The smallest absolute Gasteiger partial charge is 0.125 e. The zero-order valence-electron chi connectivity index (χ0n) is 69.8. The van der Waals surface area contributed by atoms with Gasteiger partial charge in [0, 0.05) is 144 Å². The lowest BCUT2D eigenvalue weighted by molar-refractivity contribution is 0.991. The van der Waals surface area contributed by atoms with Crippen molar-refractivity contribution < 1.29 is 0 Å². The van der Waals surface area contributed by atoms with Crippen LogP contribution in [0.25, 0.3) is 77.9 Å². The molecule has 8 heterocycles. The normalized spacial score (nSPS) is 12.4. The molecular formula is C99H100N14. The van der Waals surface area contributed by atoms with Gasteiger partial charge in [-0.05, 0) is 331 Å². The van der Waals surface area contributed by atoms with Gasteiger partial charge in [0.1, 0.15) is 37.5 Å². The van der Waals surface area contributed by atoms with Crippen molar-refractivity contribution in [3.05, 3.63) is 325 Å². The highest BCUT2D eigenvalue weighted by atomic mass is 14.9. The van der Waals surface area contributed by atoms with Crippen LogP contribution in [0.4, 0.5) is 0 Å². The van der Waals surface area contributed by atoms with Crippen molar-refractivity contribution >= 4 is 0 Å². The van der Waals surface area contributed by atoms with Gasteiger partial charge in [0.25, 0.3) is 0 Å². The number of pyridine rings is 2. The summed E-state index contributed by atoms with van der Waals surface area (Å²) in [7, 11) is 0. The van der Waals surface area contributed by atoms with Crippen molar-refractivity contribution in [1.82, 2.24) is 69.8 Å². The van der Waals surface area contributed by atoms with Gasteiger partial charge in [-0.25, -0.2) is 59.8 Å². The minimum Gasteiger partial charge on any atom is -0.261 e. The lowest BCUT2D eigenvalue weighted by Crippen LogP contribution is -1.98. The van der Waals surface area contributed by atoms with Crippen LogP contribution in [0.15, 0.2) is 123 Å². The maximum atomic E-state index is 4.71. The Morgan fingerprint density at radius 2 is 0.593 bits per heavy atom. The standard InChI is InChI=1S/2C15H16N2.4C14H14N2.C13H12N2/c1-8-9(2)11(4)15-12(10(8)3)5-14-13(15)6-16-7-17-14;1-8-5-13-14-7-16-11(4)9(2)12(14)6-15(13)17-10(8)3;1-8-4-12-11(10(3)9(8)2)5-14-13(12)6-15-7-16-14;1-8-4-9(2)14-11(10(8)3)5-13-12(14)6-15-7-16-13;1-8-4-5-11-12(9(8)2)6-14-13(11)7-15-10(3)16-14;1-8-4-5-11-12(9(8)2)6-13-14(11)10(3)15-7-16-13;1-8-3-4-10-11(9(8)2)5-13-12(10)6-14-7-15-13/h6-7H,5H2,1-4H3;5,7H,6H2,1-4H3;2*4,6-7H,5H2,1-3H3;2*4-5,7H,6H2,1-3H3;3-4,6-7H,5H2,1-2H3. The average molecular weight is 1490 g/mol. The first-order chi connectivity index (χ1) is 54.2. The highest BCUT2D eigenvalue weighted by Gasteiger charge is 2.31. The van der Waals surface area contributed by atoms with Crippen LogP contribution in [0.5, 0.6) is 0 Å². The van der Waals surface area contributed by atoms with Crippen LogP contribution in [0.2, 0.25) is 0 Å². The molecule has 0 atom stereocenters. The third-order valence-electron chi connectivity index (χ3n) is 25.8. The molecule has 113 heavy (non-hydrogen) atoms. The van der Waals surface area contributed by atoms with Crippen molar-refractivity contribution in [2.75, 3.05) is 0 Å². The maximum Gasteiger partial charge on any atom is 0.125 e. The Kier molecular flexibility index (Phi) is 20.7. The molecule has 0 spiro atoms. The van der Waals surface area contributed by atoms with Crippen LogP contribution in [-0.2, 0) is 44.9 Å². The molecule has 0 amide bonds. The molecular weight excluding hydrogens is 1390 g/mol. The van der Waals surface area contributed by atoms with E-state index in [9.17, 15) is 0 Å². The van der Waals surface area contributed by atoms with Crippen molar-refractivity contribution in [3.63, 3.8) is 0 Å². The molecule has 7 aliphatic carbocycles. The number of aryl methyl sites for hydroxylation is 11.